The summed E-state index contributed by atoms with van der Waals surface area (Å²) in [5.74, 6) is 0.485. The lowest BCUT2D eigenvalue weighted by Crippen LogP contribution is -2.44. The minimum Gasteiger partial charge on any atom is -0.504 e. The molecule has 0 spiro atoms. The number of phenolic OH excluding ortho intramolecular Hbond substituents is 1. The van der Waals surface area contributed by atoms with E-state index in [0.717, 1.165) is 11.1 Å². The number of rotatable bonds is 3. The molecule has 0 aliphatic carbocycles. The number of hydrogen-bond donors (Lipinski definition) is 2. The van der Waals surface area contributed by atoms with Crippen molar-refractivity contribution >= 4 is 28.8 Å². The second kappa shape index (κ2) is 7.20. The van der Waals surface area contributed by atoms with Crippen LogP contribution in [0.2, 0.25) is 5.02 Å². The lowest BCUT2D eigenvalue weighted by molar-refractivity contribution is -0.0116. The first-order valence-electron chi connectivity index (χ1n) is 8.08. The highest BCUT2D eigenvalue weighted by Crippen LogP contribution is 2.34. The molecular weight excluding hydrogens is 358 g/mol. The van der Waals surface area contributed by atoms with Gasteiger partial charge in [-0.05, 0) is 48.7 Å². The van der Waals surface area contributed by atoms with Crippen LogP contribution in [0.25, 0.3) is 0 Å². The molecule has 6 heteroatoms. The minimum atomic E-state index is -0.858. The highest BCUT2D eigenvalue weighted by molar-refractivity contribution is 7.80. The Morgan fingerprint density at radius 2 is 1.80 bits per heavy atom. The van der Waals surface area contributed by atoms with Gasteiger partial charge in [-0.1, -0.05) is 36.0 Å². The summed E-state index contributed by atoms with van der Waals surface area (Å²) in [5.41, 5.74) is 0.846. The standard InChI is InChI=1S/C19H20ClNO3S/c1-24-17-12-13(2-7-16(17)22)18(25)21-10-8-19(23,9-11-21)14-3-5-15(20)6-4-14/h2-7,12,22-23H,8-11H2,1H3. The third kappa shape index (κ3) is 3.73. The largest absolute Gasteiger partial charge is 0.504 e. The zero-order valence-corrected chi connectivity index (χ0v) is 15.5. The topological polar surface area (TPSA) is 52.9 Å². The van der Waals surface area contributed by atoms with E-state index in [0.29, 0.717) is 41.7 Å². The summed E-state index contributed by atoms with van der Waals surface area (Å²) in [7, 11) is 1.51. The van der Waals surface area contributed by atoms with Crippen molar-refractivity contribution in [3.63, 3.8) is 0 Å². The SMILES string of the molecule is COc1cc(C(=S)N2CCC(O)(c3ccc(Cl)cc3)CC2)ccc1O. The van der Waals surface area contributed by atoms with Gasteiger partial charge in [0.1, 0.15) is 4.99 Å². The zero-order valence-electron chi connectivity index (χ0n) is 13.9. The first kappa shape index (κ1) is 18.0. The van der Waals surface area contributed by atoms with Crippen LogP contribution in [0.3, 0.4) is 0 Å². The average molecular weight is 378 g/mol. The molecule has 1 heterocycles. The van der Waals surface area contributed by atoms with Crippen molar-refractivity contribution in [2.75, 3.05) is 20.2 Å². The highest BCUT2D eigenvalue weighted by Gasteiger charge is 2.34. The van der Waals surface area contributed by atoms with Crippen molar-refractivity contribution < 1.29 is 14.9 Å². The first-order valence-corrected chi connectivity index (χ1v) is 8.86. The number of ether oxygens (including phenoxy) is 1. The van der Waals surface area contributed by atoms with Gasteiger partial charge in [-0.15, -0.1) is 0 Å². The predicted molar refractivity (Wildman–Crippen MR) is 103 cm³/mol. The Labute approximate surface area is 157 Å². The van der Waals surface area contributed by atoms with Crippen LogP contribution in [0, 0.1) is 0 Å². The summed E-state index contributed by atoms with van der Waals surface area (Å²) < 4.78 is 5.14. The smallest absolute Gasteiger partial charge is 0.161 e. The Bertz CT molecular complexity index is 771. The highest BCUT2D eigenvalue weighted by atomic mass is 35.5. The normalized spacial score (nSPS) is 16.5. The monoisotopic (exact) mass is 377 g/mol. The number of methoxy groups -OCH3 is 1. The molecule has 0 atom stereocenters. The zero-order chi connectivity index (χ0) is 18.0. The molecule has 132 valence electrons. The van der Waals surface area contributed by atoms with E-state index in [4.69, 9.17) is 28.6 Å². The van der Waals surface area contributed by atoms with Crippen molar-refractivity contribution in [3.05, 3.63) is 58.6 Å². The number of nitrogens with zero attached hydrogens (tertiary/aromatic N) is 1. The molecule has 2 N–H and O–H groups in total. The van der Waals surface area contributed by atoms with Crippen molar-refractivity contribution in [1.82, 2.24) is 4.90 Å². The number of hydrogen-bond acceptors (Lipinski definition) is 4. The van der Waals surface area contributed by atoms with Gasteiger partial charge in [0.25, 0.3) is 0 Å². The van der Waals surface area contributed by atoms with E-state index in [1.165, 1.54) is 7.11 Å². The molecule has 0 amide bonds. The van der Waals surface area contributed by atoms with Crippen LogP contribution < -0.4 is 4.74 Å². The van der Waals surface area contributed by atoms with E-state index < -0.39 is 5.60 Å². The van der Waals surface area contributed by atoms with Crippen molar-refractivity contribution in [1.29, 1.82) is 0 Å². The molecular formula is C19H20ClNO3S. The molecule has 2 aromatic carbocycles. The van der Waals surface area contributed by atoms with Crippen molar-refractivity contribution in [3.8, 4) is 11.5 Å². The number of aromatic hydroxyl groups is 1. The maximum Gasteiger partial charge on any atom is 0.161 e. The van der Waals surface area contributed by atoms with E-state index in [9.17, 15) is 10.2 Å². The summed E-state index contributed by atoms with van der Waals surface area (Å²) in [6.07, 6.45) is 1.17. The lowest BCUT2D eigenvalue weighted by Gasteiger charge is -2.39. The lowest BCUT2D eigenvalue weighted by atomic mass is 9.84. The molecule has 0 bridgehead atoms. The van der Waals surface area contributed by atoms with Gasteiger partial charge < -0.3 is 19.8 Å². The van der Waals surface area contributed by atoms with Crippen molar-refractivity contribution in [2.45, 2.75) is 18.4 Å². The van der Waals surface area contributed by atoms with Gasteiger partial charge in [0.15, 0.2) is 11.5 Å². The Kier molecular flexibility index (Phi) is 5.18. The summed E-state index contributed by atoms with van der Waals surface area (Å²) in [6, 6.07) is 12.4. The number of thiocarbonyl (C=S) groups is 1. The molecule has 1 fully saturated rings. The number of halogens is 1. The molecule has 0 radical (unpaired) electrons. The minimum absolute atomic E-state index is 0.0878. The number of piperidine rings is 1. The van der Waals surface area contributed by atoms with Gasteiger partial charge in [-0.25, -0.2) is 0 Å². The molecule has 0 saturated carbocycles. The third-order valence-electron chi connectivity index (χ3n) is 4.69. The fraction of sp³-hybridized carbons (Fsp3) is 0.316. The molecule has 2 aromatic rings. The van der Waals surface area contributed by atoms with Crippen LogP contribution in [-0.4, -0.2) is 40.3 Å². The van der Waals surface area contributed by atoms with E-state index in [1.807, 2.05) is 12.1 Å². The van der Waals surface area contributed by atoms with E-state index >= 15 is 0 Å². The van der Waals surface area contributed by atoms with E-state index in [-0.39, 0.29) is 5.75 Å². The number of benzene rings is 2. The number of aliphatic hydroxyl groups is 1. The molecule has 1 aliphatic heterocycles. The summed E-state index contributed by atoms with van der Waals surface area (Å²) in [4.78, 5) is 2.77. The Morgan fingerprint density at radius 3 is 2.40 bits per heavy atom. The second-order valence-electron chi connectivity index (χ2n) is 6.22. The molecule has 25 heavy (non-hydrogen) atoms. The van der Waals surface area contributed by atoms with Crippen LogP contribution in [0.15, 0.2) is 42.5 Å². The molecule has 3 rings (SSSR count). The van der Waals surface area contributed by atoms with Gasteiger partial charge in [0, 0.05) is 23.7 Å². The van der Waals surface area contributed by atoms with E-state index in [2.05, 4.69) is 4.90 Å². The molecule has 4 nitrogen and oxygen atoms in total. The van der Waals surface area contributed by atoms with Gasteiger partial charge in [0.2, 0.25) is 0 Å². The maximum atomic E-state index is 11.0. The second-order valence-corrected chi connectivity index (χ2v) is 7.04. The quantitative estimate of drug-likeness (QED) is 0.798. The number of likely N-dealkylation sites (tertiary alicyclic amines) is 1. The van der Waals surface area contributed by atoms with Gasteiger partial charge in [-0.3, -0.25) is 0 Å². The van der Waals surface area contributed by atoms with Crippen LogP contribution in [0.5, 0.6) is 11.5 Å². The Hall–Kier alpha value is -1.82. The maximum absolute atomic E-state index is 11.0. The molecule has 1 aliphatic rings. The van der Waals surface area contributed by atoms with Crippen LogP contribution in [0.4, 0.5) is 0 Å². The first-order chi connectivity index (χ1) is 11.9. The molecule has 0 unspecified atom stereocenters. The molecule has 0 aromatic heterocycles. The Morgan fingerprint density at radius 1 is 1.16 bits per heavy atom. The molecule has 1 saturated heterocycles. The summed E-state index contributed by atoms with van der Waals surface area (Å²) in [5, 5.41) is 21.3. The fourth-order valence-electron chi connectivity index (χ4n) is 3.12. The van der Waals surface area contributed by atoms with Gasteiger partial charge >= 0.3 is 0 Å². The van der Waals surface area contributed by atoms with Gasteiger partial charge in [0.05, 0.1) is 12.7 Å². The summed E-state index contributed by atoms with van der Waals surface area (Å²) >= 11 is 11.5. The van der Waals surface area contributed by atoms with E-state index in [1.54, 1.807) is 30.3 Å². The average Bonchev–Trinajstić information content (AvgIpc) is 2.62. The van der Waals surface area contributed by atoms with Crippen LogP contribution in [-0.2, 0) is 5.60 Å². The summed E-state index contributed by atoms with van der Waals surface area (Å²) in [6.45, 7) is 1.31. The van der Waals surface area contributed by atoms with Crippen molar-refractivity contribution in [2.24, 2.45) is 0 Å². The third-order valence-corrected chi connectivity index (χ3v) is 5.43. The van der Waals surface area contributed by atoms with Gasteiger partial charge in [-0.2, -0.15) is 0 Å². The predicted octanol–water partition coefficient (Wildman–Crippen LogP) is 3.71. The Balaban J connectivity index is 1.71. The fourth-order valence-corrected chi connectivity index (χ4v) is 3.56. The van der Waals surface area contributed by atoms with Crippen LogP contribution in [0.1, 0.15) is 24.0 Å². The van der Waals surface area contributed by atoms with Crippen LogP contribution >= 0.6 is 23.8 Å². The number of phenols is 1.